The topological polar surface area (TPSA) is 83.8 Å². The van der Waals surface area contributed by atoms with Gasteiger partial charge in [-0.05, 0) is 36.8 Å². The molecule has 0 amide bonds. The van der Waals surface area contributed by atoms with Crippen LogP contribution in [0.2, 0.25) is 5.02 Å². The number of H-pyrrole nitrogens is 1. The van der Waals surface area contributed by atoms with Crippen molar-refractivity contribution in [2.45, 2.75) is 6.92 Å². The van der Waals surface area contributed by atoms with Crippen molar-refractivity contribution in [3.8, 4) is 0 Å². The van der Waals surface area contributed by atoms with Gasteiger partial charge in [-0.1, -0.05) is 41.1 Å². The molecular weight excluding hydrogens is 368 g/mol. The van der Waals surface area contributed by atoms with E-state index >= 15 is 0 Å². The fraction of sp³-hybridized carbons (Fsp3) is 0.0526. The van der Waals surface area contributed by atoms with Gasteiger partial charge < -0.3 is 16.0 Å². The van der Waals surface area contributed by atoms with E-state index in [-0.39, 0.29) is 11.6 Å². The molecule has 0 aliphatic heterocycles. The van der Waals surface area contributed by atoms with Crippen LogP contribution < -0.4 is 11.1 Å². The quantitative estimate of drug-likeness (QED) is 0.426. The van der Waals surface area contributed by atoms with Gasteiger partial charge in [0.2, 0.25) is 5.78 Å². The van der Waals surface area contributed by atoms with Crippen LogP contribution in [0.1, 0.15) is 20.8 Å². The van der Waals surface area contributed by atoms with Crippen LogP contribution >= 0.6 is 22.9 Å². The number of carbonyl (C=O) groups is 1. The van der Waals surface area contributed by atoms with E-state index < -0.39 is 0 Å². The second kappa shape index (κ2) is 6.48. The highest BCUT2D eigenvalue weighted by molar-refractivity contribution is 7.18. The van der Waals surface area contributed by atoms with Crippen LogP contribution in [-0.2, 0) is 0 Å². The van der Waals surface area contributed by atoms with Gasteiger partial charge in [-0.3, -0.25) is 4.79 Å². The number of benzene rings is 2. The van der Waals surface area contributed by atoms with E-state index in [0.29, 0.717) is 20.6 Å². The molecule has 0 atom stereocenters. The number of nitrogen functional groups attached to an aromatic ring is 1. The number of carbonyl (C=O) groups excluding carboxylic acids is 1. The number of aromatic amines is 1. The summed E-state index contributed by atoms with van der Waals surface area (Å²) in [6, 6.07) is 13.2. The van der Waals surface area contributed by atoms with Crippen LogP contribution in [0.5, 0.6) is 0 Å². The number of ketones is 1. The predicted octanol–water partition coefficient (Wildman–Crippen LogP) is 5.14. The maximum Gasteiger partial charge on any atom is 0.208 e. The summed E-state index contributed by atoms with van der Waals surface area (Å²) in [7, 11) is 0. The van der Waals surface area contributed by atoms with Gasteiger partial charge in [-0.2, -0.15) is 0 Å². The number of fused-ring (bicyclic) bond motifs is 1. The second-order valence-electron chi connectivity index (χ2n) is 5.89. The summed E-state index contributed by atoms with van der Waals surface area (Å²) in [6.07, 6.45) is 1.71. The Kier molecular flexibility index (Phi) is 4.14. The SMILES string of the molecule is Cc1cc(Cl)ccc1Nc1nc(N)c(C(=O)c2c[nH]c3ccccc23)s1. The average Bonchev–Trinajstić information content (AvgIpc) is 3.20. The van der Waals surface area contributed by atoms with E-state index in [1.54, 1.807) is 12.3 Å². The van der Waals surface area contributed by atoms with E-state index in [2.05, 4.69) is 15.3 Å². The van der Waals surface area contributed by atoms with Crippen LogP contribution in [-0.4, -0.2) is 15.8 Å². The van der Waals surface area contributed by atoms with Crippen LogP contribution in [0, 0.1) is 6.92 Å². The molecule has 130 valence electrons. The van der Waals surface area contributed by atoms with Crippen LogP contribution in [0.4, 0.5) is 16.6 Å². The zero-order chi connectivity index (χ0) is 18.3. The number of para-hydroxylation sites is 1. The van der Waals surface area contributed by atoms with Crippen molar-refractivity contribution in [2.75, 3.05) is 11.1 Å². The minimum absolute atomic E-state index is 0.140. The molecule has 4 N–H and O–H groups in total. The fourth-order valence-corrected chi connectivity index (χ4v) is 3.89. The molecule has 2 aromatic heterocycles. The molecule has 4 aromatic rings. The standard InChI is InChI=1S/C19H15ClN4OS/c1-10-8-11(20)6-7-14(10)23-19-24-18(21)17(26-19)16(25)13-9-22-15-5-3-2-4-12(13)15/h2-9,22H,21H2,1H3,(H,23,24). The van der Waals surface area contributed by atoms with Crippen molar-refractivity contribution in [1.29, 1.82) is 0 Å². The van der Waals surface area contributed by atoms with E-state index in [4.69, 9.17) is 17.3 Å². The molecule has 7 heteroatoms. The van der Waals surface area contributed by atoms with Crippen LogP contribution in [0.15, 0.2) is 48.7 Å². The largest absolute Gasteiger partial charge is 0.382 e. The normalized spacial score (nSPS) is 11.0. The molecule has 0 aliphatic carbocycles. The monoisotopic (exact) mass is 382 g/mol. The first-order valence-electron chi connectivity index (χ1n) is 7.93. The third kappa shape index (κ3) is 2.94. The van der Waals surface area contributed by atoms with Gasteiger partial charge in [0.15, 0.2) is 5.13 Å². The number of nitrogens with zero attached hydrogens (tertiary/aromatic N) is 1. The van der Waals surface area contributed by atoms with Crippen LogP contribution in [0.3, 0.4) is 0 Å². The van der Waals surface area contributed by atoms with Crippen molar-refractivity contribution < 1.29 is 4.79 Å². The maximum absolute atomic E-state index is 12.9. The Balaban J connectivity index is 1.67. The number of nitrogens with two attached hydrogens (primary N) is 1. The van der Waals surface area contributed by atoms with Crippen molar-refractivity contribution in [2.24, 2.45) is 0 Å². The third-order valence-electron chi connectivity index (χ3n) is 4.12. The number of nitrogens with one attached hydrogen (secondary N) is 2. The Labute approximate surface area is 158 Å². The zero-order valence-electron chi connectivity index (χ0n) is 13.8. The lowest BCUT2D eigenvalue weighted by atomic mass is 10.1. The number of hydrogen-bond acceptors (Lipinski definition) is 5. The Bertz CT molecular complexity index is 1130. The van der Waals surface area contributed by atoms with E-state index in [0.717, 1.165) is 22.2 Å². The third-order valence-corrected chi connectivity index (χ3v) is 5.34. The molecule has 0 fully saturated rings. The van der Waals surface area contributed by atoms with Gasteiger partial charge in [-0.15, -0.1) is 0 Å². The number of aromatic nitrogens is 2. The lowest BCUT2D eigenvalue weighted by Crippen LogP contribution is -2.01. The minimum Gasteiger partial charge on any atom is -0.382 e. The highest BCUT2D eigenvalue weighted by Gasteiger charge is 2.21. The Morgan fingerprint density at radius 1 is 1.27 bits per heavy atom. The summed E-state index contributed by atoms with van der Waals surface area (Å²) < 4.78 is 0. The summed E-state index contributed by atoms with van der Waals surface area (Å²) in [5.41, 5.74) is 9.37. The molecule has 0 saturated heterocycles. The molecule has 0 bridgehead atoms. The average molecular weight is 383 g/mol. The smallest absolute Gasteiger partial charge is 0.208 e. The Hall–Kier alpha value is -2.83. The van der Waals surface area contributed by atoms with Gasteiger partial charge in [0.05, 0.1) is 0 Å². The van der Waals surface area contributed by atoms with Crippen molar-refractivity contribution in [1.82, 2.24) is 9.97 Å². The van der Waals surface area contributed by atoms with Crippen molar-refractivity contribution in [3.63, 3.8) is 0 Å². The number of hydrogen-bond donors (Lipinski definition) is 3. The molecule has 0 aliphatic rings. The Morgan fingerprint density at radius 3 is 2.88 bits per heavy atom. The number of anilines is 3. The first kappa shape index (κ1) is 16.6. The molecule has 0 saturated carbocycles. The van der Waals surface area contributed by atoms with Crippen LogP contribution in [0.25, 0.3) is 10.9 Å². The number of aryl methyl sites for hydroxylation is 1. The fourth-order valence-electron chi connectivity index (χ4n) is 2.81. The highest BCUT2D eigenvalue weighted by Crippen LogP contribution is 2.32. The first-order valence-corrected chi connectivity index (χ1v) is 9.12. The van der Waals surface area contributed by atoms with Gasteiger partial charge in [-0.25, -0.2) is 4.98 Å². The van der Waals surface area contributed by atoms with Gasteiger partial charge >= 0.3 is 0 Å². The molecule has 0 radical (unpaired) electrons. The molecule has 26 heavy (non-hydrogen) atoms. The van der Waals surface area contributed by atoms with E-state index in [1.165, 1.54) is 11.3 Å². The molecular formula is C19H15ClN4OS. The Morgan fingerprint density at radius 2 is 2.08 bits per heavy atom. The number of rotatable bonds is 4. The lowest BCUT2D eigenvalue weighted by Gasteiger charge is -2.06. The van der Waals surface area contributed by atoms with Gasteiger partial charge in [0.25, 0.3) is 0 Å². The van der Waals surface area contributed by atoms with Crippen molar-refractivity contribution >= 4 is 56.3 Å². The van der Waals surface area contributed by atoms with E-state index in [1.807, 2.05) is 43.3 Å². The molecule has 0 spiro atoms. The molecule has 2 aromatic carbocycles. The summed E-state index contributed by atoms with van der Waals surface area (Å²) in [4.78, 5) is 20.8. The minimum atomic E-state index is -0.140. The molecule has 2 heterocycles. The maximum atomic E-state index is 12.9. The van der Waals surface area contributed by atoms with Crippen molar-refractivity contribution in [3.05, 3.63) is 69.7 Å². The summed E-state index contributed by atoms with van der Waals surface area (Å²) >= 11 is 7.23. The molecule has 4 rings (SSSR count). The second-order valence-corrected chi connectivity index (χ2v) is 7.33. The molecule has 5 nitrogen and oxygen atoms in total. The van der Waals surface area contributed by atoms with Gasteiger partial charge in [0.1, 0.15) is 10.7 Å². The zero-order valence-corrected chi connectivity index (χ0v) is 15.4. The summed E-state index contributed by atoms with van der Waals surface area (Å²) in [5.74, 6) is 0.0812. The first-order chi connectivity index (χ1) is 12.5. The predicted molar refractivity (Wildman–Crippen MR) is 108 cm³/mol. The molecule has 0 unspecified atom stereocenters. The number of thiazole rings is 1. The van der Waals surface area contributed by atoms with Gasteiger partial charge in [0, 0.05) is 33.4 Å². The lowest BCUT2D eigenvalue weighted by molar-refractivity contribution is 0.104. The number of halogens is 1. The summed E-state index contributed by atoms with van der Waals surface area (Å²) in [6.45, 7) is 1.95. The highest BCUT2D eigenvalue weighted by atomic mass is 35.5. The summed E-state index contributed by atoms with van der Waals surface area (Å²) in [5, 5.41) is 5.31. The van der Waals surface area contributed by atoms with E-state index in [9.17, 15) is 4.79 Å².